The molecule has 0 aliphatic rings. The van der Waals surface area contributed by atoms with Gasteiger partial charge in [0.1, 0.15) is 18.2 Å². The van der Waals surface area contributed by atoms with Gasteiger partial charge in [0, 0.05) is 17.4 Å². The summed E-state index contributed by atoms with van der Waals surface area (Å²) in [6.45, 7) is 0.155. The minimum Gasteiger partial charge on any atom is -0.489 e. The zero-order chi connectivity index (χ0) is 15.5. The van der Waals surface area contributed by atoms with Crippen molar-refractivity contribution in [2.24, 2.45) is 5.73 Å². The third-order valence-corrected chi connectivity index (χ3v) is 4.13. The van der Waals surface area contributed by atoms with E-state index >= 15 is 0 Å². The predicted molar refractivity (Wildman–Crippen MR) is 81.3 cm³/mol. The summed E-state index contributed by atoms with van der Waals surface area (Å²) < 4.78 is 29.0. The van der Waals surface area contributed by atoms with Crippen molar-refractivity contribution in [1.82, 2.24) is 0 Å². The summed E-state index contributed by atoms with van der Waals surface area (Å²) in [5, 5.41) is 7.31. The number of nitrogens with two attached hydrogens (primary N) is 1. The second kappa shape index (κ2) is 5.97. The Kier molecular flexibility index (Phi) is 4.28. The van der Waals surface area contributed by atoms with E-state index in [4.69, 9.17) is 15.9 Å². The highest BCUT2D eigenvalue weighted by Crippen LogP contribution is 2.19. The molecular formula is C15H16N2O3S. The third kappa shape index (κ3) is 3.82. The first-order valence-corrected chi connectivity index (χ1v) is 8.12. The van der Waals surface area contributed by atoms with Gasteiger partial charge >= 0.3 is 0 Å². The summed E-state index contributed by atoms with van der Waals surface area (Å²) >= 11 is 0. The number of hydrogen-bond donors (Lipinski definition) is 2. The molecule has 0 unspecified atom stereocenters. The molecule has 0 fully saturated rings. The van der Waals surface area contributed by atoms with Crippen molar-refractivity contribution in [2.45, 2.75) is 11.5 Å². The molecule has 2 aromatic rings. The van der Waals surface area contributed by atoms with Crippen molar-refractivity contribution < 1.29 is 13.2 Å². The van der Waals surface area contributed by atoms with E-state index in [2.05, 4.69) is 0 Å². The van der Waals surface area contributed by atoms with Crippen molar-refractivity contribution in [3.8, 4) is 5.75 Å². The summed E-state index contributed by atoms with van der Waals surface area (Å²) in [6.07, 6.45) is 1.17. The van der Waals surface area contributed by atoms with Crippen LogP contribution in [0.5, 0.6) is 5.75 Å². The number of nitrogens with one attached hydrogen (secondary N) is 1. The Morgan fingerprint density at radius 3 is 2.33 bits per heavy atom. The molecule has 0 spiro atoms. The van der Waals surface area contributed by atoms with Crippen LogP contribution in [0.3, 0.4) is 0 Å². The quantitative estimate of drug-likeness (QED) is 0.652. The number of rotatable bonds is 5. The Morgan fingerprint density at radius 2 is 1.76 bits per heavy atom. The fourth-order valence-electron chi connectivity index (χ4n) is 1.88. The van der Waals surface area contributed by atoms with Crippen LogP contribution in [0.15, 0.2) is 53.4 Å². The monoisotopic (exact) mass is 304 g/mol. The van der Waals surface area contributed by atoms with E-state index in [0.717, 1.165) is 0 Å². The highest BCUT2D eigenvalue weighted by Gasteiger charge is 2.12. The lowest BCUT2D eigenvalue weighted by Gasteiger charge is -2.10. The van der Waals surface area contributed by atoms with E-state index in [9.17, 15) is 8.42 Å². The minimum absolute atomic E-state index is 0.0102. The molecule has 3 N–H and O–H groups in total. The molecule has 0 atom stereocenters. The van der Waals surface area contributed by atoms with E-state index in [1.54, 1.807) is 48.5 Å². The summed E-state index contributed by atoms with van der Waals surface area (Å²) in [6, 6.07) is 13.5. The van der Waals surface area contributed by atoms with Gasteiger partial charge in [-0.3, -0.25) is 5.41 Å². The summed E-state index contributed by atoms with van der Waals surface area (Å²) in [7, 11) is -3.28. The maximum atomic E-state index is 11.7. The first-order chi connectivity index (χ1) is 9.88. The highest BCUT2D eigenvalue weighted by atomic mass is 32.2. The van der Waals surface area contributed by atoms with E-state index in [1.165, 1.54) is 6.26 Å². The van der Waals surface area contributed by atoms with Crippen LogP contribution in [0.1, 0.15) is 11.1 Å². The lowest BCUT2D eigenvalue weighted by Crippen LogP contribution is -2.10. The van der Waals surface area contributed by atoms with Crippen molar-refractivity contribution in [2.75, 3.05) is 6.26 Å². The predicted octanol–water partition coefficient (Wildman–Crippen LogP) is 1.95. The van der Waals surface area contributed by atoms with Gasteiger partial charge in [-0.15, -0.1) is 0 Å². The van der Waals surface area contributed by atoms with Gasteiger partial charge in [0.15, 0.2) is 9.84 Å². The molecular weight excluding hydrogens is 288 g/mol. The van der Waals surface area contributed by atoms with Crippen LogP contribution >= 0.6 is 0 Å². The van der Waals surface area contributed by atoms with Crippen molar-refractivity contribution in [1.29, 1.82) is 5.41 Å². The molecule has 0 aliphatic carbocycles. The third-order valence-electron chi connectivity index (χ3n) is 2.93. The largest absolute Gasteiger partial charge is 0.489 e. The van der Waals surface area contributed by atoms with E-state index in [1.807, 2.05) is 0 Å². The van der Waals surface area contributed by atoms with Crippen LogP contribution in [-0.2, 0) is 16.4 Å². The normalized spacial score (nSPS) is 11.1. The Hall–Kier alpha value is -2.34. The molecule has 0 radical (unpaired) electrons. The van der Waals surface area contributed by atoms with Gasteiger partial charge in [0.05, 0.1) is 4.90 Å². The average molecular weight is 304 g/mol. The first kappa shape index (κ1) is 15.1. The van der Waals surface area contributed by atoms with Crippen LogP contribution in [0.2, 0.25) is 0 Å². The molecule has 0 heterocycles. The zero-order valence-electron chi connectivity index (χ0n) is 11.5. The Balaban J connectivity index is 2.15. The van der Waals surface area contributed by atoms with Gasteiger partial charge in [0.25, 0.3) is 0 Å². The fraction of sp³-hybridized carbons (Fsp3) is 0.133. The average Bonchev–Trinajstić information content (AvgIpc) is 2.45. The molecule has 0 amide bonds. The molecule has 0 aromatic heterocycles. The topological polar surface area (TPSA) is 93.2 Å². The summed E-state index contributed by atoms with van der Waals surface area (Å²) in [4.78, 5) is 0.269. The Bertz CT molecular complexity index is 753. The number of sulfone groups is 1. The molecule has 0 saturated heterocycles. The van der Waals surface area contributed by atoms with Crippen molar-refractivity contribution >= 4 is 15.7 Å². The Labute approximate surface area is 123 Å². The number of benzene rings is 2. The maximum Gasteiger partial charge on any atom is 0.175 e. The van der Waals surface area contributed by atoms with Gasteiger partial charge < -0.3 is 10.5 Å². The molecule has 0 aliphatic heterocycles. The van der Waals surface area contributed by atoms with Crippen LogP contribution in [0.25, 0.3) is 0 Å². The number of nitrogen functional groups attached to an aromatic ring is 1. The number of ether oxygens (including phenoxy) is 1. The van der Waals surface area contributed by atoms with E-state index < -0.39 is 9.84 Å². The molecule has 110 valence electrons. The molecule has 2 rings (SSSR count). The van der Waals surface area contributed by atoms with Crippen LogP contribution in [0.4, 0.5) is 0 Å². The lowest BCUT2D eigenvalue weighted by molar-refractivity contribution is 0.303. The standard InChI is InChI=1S/C15H16N2O3S/c1-21(18,19)14-5-3-2-4-12(14)10-20-13-8-6-11(7-9-13)15(16)17/h2-9H,10H2,1H3,(H3,16,17). The second-order valence-corrected chi connectivity index (χ2v) is 6.59. The van der Waals surface area contributed by atoms with Crippen LogP contribution in [-0.4, -0.2) is 20.5 Å². The smallest absolute Gasteiger partial charge is 0.175 e. The molecule has 2 aromatic carbocycles. The second-order valence-electron chi connectivity index (χ2n) is 4.61. The maximum absolute atomic E-state index is 11.7. The van der Waals surface area contributed by atoms with Gasteiger partial charge in [-0.2, -0.15) is 0 Å². The van der Waals surface area contributed by atoms with Gasteiger partial charge in [-0.25, -0.2) is 8.42 Å². The van der Waals surface area contributed by atoms with Crippen LogP contribution in [0, 0.1) is 5.41 Å². The molecule has 0 bridgehead atoms. The van der Waals surface area contributed by atoms with Crippen LogP contribution < -0.4 is 10.5 Å². The number of hydrogen-bond acceptors (Lipinski definition) is 4. The minimum atomic E-state index is -3.28. The fourth-order valence-corrected chi connectivity index (χ4v) is 2.81. The molecule has 6 heteroatoms. The SMILES string of the molecule is CS(=O)(=O)c1ccccc1COc1ccc(C(=N)N)cc1. The van der Waals surface area contributed by atoms with E-state index in [0.29, 0.717) is 16.9 Å². The van der Waals surface area contributed by atoms with Gasteiger partial charge in [-0.05, 0) is 30.3 Å². The molecule has 0 saturated carbocycles. The number of amidine groups is 1. The zero-order valence-corrected chi connectivity index (χ0v) is 12.4. The summed E-state index contributed by atoms with van der Waals surface area (Å²) in [5.41, 5.74) is 6.59. The molecule has 21 heavy (non-hydrogen) atoms. The van der Waals surface area contributed by atoms with Crippen molar-refractivity contribution in [3.05, 3.63) is 59.7 Å². The Morgan fingerprint density at radius 1 is 1.14 bits per heavy atom. The van der Waals surface area contributed by atoms with E-state index in [-0.39, 0.29) is 17.3 Å². The highest BCUT2D eigenvalue weighted by molar-refractivity contribution is 7.90. The van der Waals surface area contributed by atoms with Gasteiger partial charge in [0.2, 0.25) is 0 Å². The lowest BCUT2D eigenvalue weighted by atomic mass is 10.2. The first-order valence-electron chi connectivity index (χ1n) is 6.23. The molecule has 5 nitrogen and oxygen atoms in total. The van der Waals surface area contributed by atoms with Gasteiger partial charge in [-0.1, -0.05) is 18.2 Å². The van der Waals surface area contributed by atoms with Crippen molar-refractivity contribution in [3.63, 3.8) is 0 Å². The summed E-state index contributed by atoms with van der Waals surface area (Å²) in [5.74, 6) is 0.576.